The van der Waals surface area contributed by atoms with Gasteiger partial charge in [0, 0.05) is 24.7 Å². The van der Waals surface area contributed by atoms with Gasteiger partial charge in [-0.05, 0) is 74.2 Å². The number of rotatable bonds is 5. The Morgan fingerprint density at radius 3 is 2.64 bits per heavy atom. The molecule has 1 heterocycles. The van der Waals surface area contributed by atoms with Gasteiger partial charge in [0.05, 0.1) is 0 Å². The first-order valence-corrected chi connectivity index (χ1v) is 9.99. The second-order valence-electron chi connectivity index (χ2n) is 8.02. The highest BCUT2D eigenvalue weighted by molar-refractivity contribution is 5.76. The lowest BCUT2D eigenvalue weighted by atomic mass is 9.84. The first kappa shape index (κ1) is 20.7. The van der Waals surface area contributed by atoms with Gasteiger partial charge in [0.1, 0.15) is 6.42 Å². The summed E-state index contributed by atoms with van der Waals surface area (Å²) in [5.41, 5.74) is 3.63. The molecule has 1 aliphatic heterocycles. The fraction of sp³-hybridized carbons (Fsp3) is 0.591. The molecule has 3 nitrogen and oxygen atoms in total. The maximum atomic E-state index is 12.3. The molecule has 0 unspecified atom stereocenters. The second kappa shape index (κ2) is 9.00. The van der Waals surface area contributed by atoms with Crippen molar-refractivity contribution < 1.29 is 18.0 Å². The highest BCUT2D eigenvalue weighted by Crippen LogP contribution is 2.29. The fourth-order valence-electron chi connectivity index (χ4n) is 4.31. The molecule has 0 saturated heterocycles. The van der Waals surface area contributed by atoms with E-state index in [1.54, 1.807) is 0 Å². The van der Waals surface area contributed by atoms with Crippen LogP contribution >= 0.6 is 0 Å². The number of halogens is 3. The number of hydrogen-bond donors (Lipinski definition) is 1. The zero-order chi connectivity index (χ0) is 20.1. The molecular formula is C22H27F3N2O. The average molecular weight is 392 g/mol. The molecule has 3 rings (SSSR count). The van der Waals surface area contributed by atoms with E-state index in [4.69, 9.17) is 6.42 Å². The third kappa shape index (κ3) is 6.00. The van der Waals surface area contributed by atoms with Gasteiger partial charge >= 0.3 is 6.18 Å². The lowest BCUT2D eigenvalue weighted by molar-refractivity contribution is -0.154. The number of carbonyl (C=O) groups is 1. The van der Waals surface area contributed by atoms with Crippen molar-refractivity contribution in [1.82, 2.24) is 10.2 Å². The first-order valence-electron chi connectivity index (χ1n) is 9.99. The summed E-state index contributed by atoms with van der Waals surface area (Å²) in [4.78, 5) is 13.9. The Bertz CT molecular complexity index is 730. The lowest BCUT2D eigenvalue weighted by Crippen LogP contribution is -2.40. The highest BCUT2D eigenvalue weighted by Gasteiger charge is 2.32. The Hall–Kier alpha value is -2.00. The van der Waals surface area contributed by atoms with Crippen molar-refractivity contribution in [1.29, 1.82) is 0 Å². The van der Waals surface area contributed by atoms with Gasteiger partial charge in [0.2, 0.25) is 5.91 Å². The number of carbonyl (C=O) groups excluding carboxylic acids is 1. The second-order valence-corrected chi connectivity index (χ2v) is 8.02. The van der Waals surface area contributed by atoms with Crippen LogP contribution in [0.2, 0.25) is 0 Å². The van der Waals surface area contributed by atoms with Gasteiger partial charge in [-0.15, -0.1) is 6.42 Å². The molecular weight excluding hydrogens is 365 g/mol. The summed E-state index contributed by atoms with van der Waals surface area (Å²) >= 11 is 0. The SMILES string of the molecule is C#Cc1ccc2c(c1)CCN(CCC1CCC(NC(=O)CC(F)(F)F)CC1)C2. The largest absolute Gasteiger partial charge is 0.397 e. The van der Waals surface area contributed by atoms with Crippen molar-refractivity contribution in [3.8, 4) is 12.3 Å². The number of fused-ring (bicyclic) bond motifs is 1. The third-order valence-electron chi connectivity index (χ3n) is 5.89. The number of nitrogens with one attached hydrogen (secondary N) is 1. The minimum Gasteiger partial charge on any atom is -0.353 e. The fourth-order valence-corrected chi connectivity index (χ4v) is 4.31. The number of hydrogen-bond acceptors (Lipinski definition) is 2. The van der Waals surface area contributed by atoms with Crippen LogP contribution in [0.1, 0.15) is 55.2 Å². The molecule has 0 spiro atoms. The van der Waals surface area contributed by atoms with Crippen LogP contribution in [0.25, 0.3) is 0 Å². The van der Waals surface area contributed by atoms with E-state index in [1.807, 2.05) is 6.07 Å². The average Bonchev–Trinajstić information content (AvgIpc) is 2.65. The third-order valence-corrected chi connectivity index (χ3v) is 5.89. The van der Waals surface area contributed by atoms with E-state index in [2.05, 4.69) is 28.3 Å². The van der Waals surface area contributed by atoms with Crippen LogP contribution in [-0.4, -0.2) is 36.1 Å². The standard InChI is InChI=1S/C22H27F3N2O/c1-2-16-3-6-19-15-27(12-10-18(19)13-16)11-9-17-4-7-20(8-5-17)26-21(28)14-22(23,24)25/h1,3,6,13,17,20H,4-5,7-12,14-15H2,(H,26,28). The number of alkyl halides is 3. The summed E-state index contributed by atoms with van der Waals surface area (Å²) in [6, 6.07) is 6.13. The molecule has 1 aromatic rings. The predicted molar refractivity (Wildman–Crippen MR) is 103 cm³/mol. The van der Waals surface area contributed by atoms with E-state index in [1.165, 1.54) is 11.1 Å². The van der Waals surface area contributed by atoms with Crippen molar-refractivity contribution in [3.63, 3.8) is 0 Å². The maximum Gasteiger partial charge on any atom is 0.397 e. The van der Waals surface area contributed by atoms with Gasteiger partial charge in [-0.1, -0.05) is 12.0 Å². The molecule has 1 aromatic carbocycles. The molecule has 1 amide bonds. The Morgan fingerprint density at radius 1 is 1.21 bits per heavy atom. The Labute approximate surface area is 164 Å². The van der Waals surface area contributed by atoms with E-state index in [9.17, 15) is 18.0 Å². The van der Waals surface area contributed by atoms with Crippen molar-refractivity contribution in [2.75, 3.05) is 13.1 Å². The van der Waals surface area contributed by atoms with E-state index in [0.717, 1.165) is 63.7 Å². The lowest BCUT2D eigenvalue weighted by Gasteiger charge is -2.33. The Balaban J connectivity index is 1.38. The van der Waals surface area contributed by atoms with Gasteiger partial charge in [-0.2, -0.15) is 13.2 Å². The molecule has 2 aliphatic rings. The molecule has 0 radical (unpaired) electrons. The van der Waals surface area contributed by atoms with Gasteiger partial charge in [0.25, 0.3) is 0 Å². The summed E-state index contributed by atoms with van der Waals surface area (Å²) in [6.45, 7) is 3.01. The van der Waals surface area contributed by atoms with Crippen molar-refractivity contribution in [2.45, 2.75) is 63.7 Å². The van der Waals surface area contributed by atoms with Crippen molar-refractivity contribution >= 4 is 5.91 Å². The quantitative estimate of drug-likeness (QED) is 0.767. The van der Waals surface area contributed by atoms with Crippen LogP contribution < -0.4 is 5.32 Å². The monoisotopic (exact) mass is 392 g/mol. The van der Waals surface area contributed by atoms with E-state index in [0.29, 0.717) is 5.92 Å². The van der Waals surface area contributed by atoms with Crippen LogP contribution in [0.3, 0.4) is 0 Å². The molecule has 1 saturated carbocycles. The zero-order valence-electron chi connectivity index (χ0n) is 16.0. The van der Waals surface area contributed by atoms with E-state index in [-0.39, 0.29) is 6.04 Å². The summed E-state index contributed by atoms with van der Waals surface area (Å²) < 4.78 is 36.8. The Kier molecular flexibility index (Phi) is 6.66. The first-order chi connectivity index (χ1) is 13.3. The molecule has 1 N–H and O–H groups in total. The summed E-state index contributed by atoms with van der Waals surface area (Å²) in [7, 11) is 0. The van der Waals surface area contributed by atoms with Gasteiger partial charge in [-0.25, -0.2) is 0 Å². The molecule has 1 fully saturated rings. The maximum absolute atomic E-state index is 12.3. The van der Waals surface area contributed by atoms with Crippen LogP contribution in [0.4, 0.5) is 13.2 Å². The van der Waals surface area contributed by atoms with Crippen LogP contribution in [0, 0.1) is 18.3 Å². The number of terminal acetylenes is 1. The van der Waals surface area contributed by atoms with E-state index >= 15 is 0 Å². The molecule has 0 bridgehead atoms. The highest BCUT2D eigenvalue weighted by atomic mass is 19.4. The zero-order valence-corrected chi connectivity index (χ0v) is 16.0. The number of amides is 1. The number of benzene rings is 1. The van der Waals surface area contributed by atoms with Gasteiger partial charge in [-0.3, -0.25) is 9.69 Å². The summed E-state index contributed by atoms with van der Waals surface area (Å²) in [5.74, 6) is 2.36. The van der Waals surface area contributed by atoms with Gasteiger partial charge < -0.3 is 5.32 Å². The minimum atomic E-state index is -4.43. The summed E-state index contributed by atoms with van der Waals surface area (Å²) in [5, 5.41) is 2.54. The van der Waals surface area contributed by atoms with Crippen molar-refractivity contribution in [2.24, 2.45) is 5.92 Å². The normalized spacial score (nSPS) is 22.9. The van der Waals surface area contributed by atoms with Crippen LogP contribution in [-0.2, 0) is 17.8 Å². The van der Waals surface area contributed by atoms with Crippen LogP contribution in [0.5, 0.6) is 0 Å². The molecule has 152 valence electrons. The molecule has 28 heavy (non-hydrogen) atoms. The topological polar surface area (TPSA) is 32.3 Å². The van der Waals surface area contributed by atoms with Crippen LogP contribution in [0.15, 0.2) is 18.2 Å². The molecule has 1 aliphatic carbocycles. The molecule has 0 aromatic heterocycles. The smallest absolute Gasteiger partial charge is 0.353 e. The number of nitrogens with zero attached hydrogens (tertiary/aromatic N) is 1. The predicted octanol–water partition coefficient (Wildman–Crippen LogP) is 4.04. The van der Waals surface area contributed by atoms with Crippen molar-refractivity contribution in [3.05, 3.63) is 34.9 Å². The minimum absolute atomic E-state index is 0.113. The van der Waals surface area contributed by atoms with Gasteiger partial charge in [0.15, 0.2) is 0 Å². The molecule has 0 atom stereocenters. The van der Waals surface area contributed by atoms with E-state index < -0.39 is 18.5 Å². The molecule has 6 heteroatoms. The Morgan fingerprint density at radius 2 is 1.96 bits per heavy atom. The summed E-state index contributed by atoms with van der Waals surface area (Å²) in [6.07, 6.45) is 5.24.